The van der Waals surface area contributed by atoms with Crippen LogP contribution in [0.4, 0.5) is 0 Å². The Kier molecular flexibility index (Phi) is 1.07. The van der Waals surface area contributed by atoms with Gasteiger partial charge in [0, 0.05) is 0 Å². The first-order valence-electron chi connectivity index (χ1n) is 4.67. The summed E-state index contributed by atoms with van der Waals surface area (Å²) in [6, 6.07) is 0. The van der Waals surface area contributed by atoms with Crippen molar-refractivity contribution in [2.45, 2.75) is 19.3 Å². The van der Waals surface area contributed by atoms with Crippen LogP contribution in [0.2, 0.25) is 0 Å². The molecule has 2 bridgehead atoms. The molecule has 3 rings (SSSR count). The quantitative estimate of drug-likeness (QED) is 0.401. The van der Waals surface area contributed by atoms with Crippen molar-refractivity contribution in [2.24, 2.45) is 17.3 Å². The highest BCUT2D eigenvalue weighted by atomic mass is 16.5. The van der Waals surface area contributed by atoms with E-state index < -0.39 is 0 Å². The van der Waals surface area contributed by atoms with Gasteiger partial charge in [0.05, 0.1) is 12.0 Å². The van der Waals surface area contributed by atoms with Crippen LogP contribution in [0.15, 0.2) is 12.2 Å². The first-order valence-corrected chi connectivity index (χ1v) is 4.67. The topological polar surface area (TPSA) is 26.3 Å². The summed E-state index contributed by atoms with van der Waals surface area (Å²) in [6.45, 7) is 0.649. The lowest BCUT2D eigenvalue weighted by atomic mass is 9.75. The first kappa shape index (κ1) is 6.70. The summed E-state index contributed by atoms with van der Waals surface area (Å²) in [4.78, 5) is 11.5. The van der Waals surface area contributed by atoms with Crippen molar-refractivity contribution in [3.63, 3.8) is 0 Å². The molecule has 1 aliphatic heterocycles. The van der Waals surface area contributed by atoms with Gasteiger partial charge in [0.1, 0.15) is 0 Å². The van der Waals surface area contributed by atoms with Crippen molar-refractivity contribution >= 4 is 5.97 Å². The third-order valence-corrected chi connectivity index (χ3v) is 3.70. The Morgan fingerprint density at radius 1 is 1.50 bits per heavy atom. The number of cyclic esters (lactones) is 1. The summed E-state index contributed by atoms with van der Waals surface area (Å²) >= 11 is 0. The van der Waals surface area contributed by atoms with Gasteiger partial charge in [-0.05, 0) is 31.1 Å². The molecule has 3 atom stereocenters. The van der Waals surface area contributed by atoms with Crippen molar-refractivity contribution in [3.05, 3.63) is 12.2 Å². The van der Waals surface area contributed by atoms with Crippen molar-refractivity contribution in [1.82, 2.24) is 0 Å². The lowest BCUT2D eigenvalue weighted by Crippen LogP contribution is -2.30. The molecular weight excluding hydrogens is 152 g/mol. The van der Waals surface area contributed by atoms with Gasteiger partial charge in [0.2, 0.25) is 0 Å². The Morgan fingerprint density at radius 3 is 2.92 bits per heavy atom. The molecule has 12 heavy (non-hydrogen) atoms. The van der Waals surface area contributed by atoms with Gasteiger partial charge in [-0.1, -0.05) is 12.2 Å². The number of carbonyl (C=O) groups is 1. The van der Waals surface area contributed by atoms with Crippen LogP contribution in [0, 0.1) is 17.3 Å². The van der Waals surface area contributed by atoms with E-state index in [0.29, 0.717) is 18.4 Å². The summed E-state index contributed by atoms with van der Waals surface area (Å²) in [5, 5.41) is 0. The average molecular weight is 164 g/mol. The smallest absolute Gasteiger partial charge is 0.312 e. The maximum absolute atomic E-state index is 11.5. The van der Waals surface area contributed by atoms with E-state index >= 15 is 0 Å². The molecule has 2 aliphatic carbocycles. The van der Waals surface area contributed by atoms with Crippen LogP contribution in [0.25, 0.3) is 0 Å². The van der Waals surface area contributed by atoms with Crippen LogP contribution in [-0.2, 0) is 9.53 Å². The largest absolute Gasteiger partial charge is 0.465 e. The maximum atomic E-state index is 11.5. The summed E-state index contributed by atoms with van der Waals surface area (Å²) in [5.74, 6) is 1.23. The number of fused-ring (bicyclic) bond motifs is 3. The number of hydrogen-bond acceptors (Lipinski definition) is 2. The summed E-state index contributed by atoms with van der Waals surface area (Å²) in [7, 11) is 0. The van der Waals surface area contributed by atoms with Crippen LogP contribution < -0.4 is 0 Å². The minimum Gasteiger partial charge on any atom is -0.465 e. The molecule has 1 saturated heterocycles. The molecule has 3 unspecified atom stereocenters. The van der Waals surface area contributed by atoms with E-state index in [1.807, 2.05) is 0 Å². The first-order chi connectivity index (χ1) is 5.81. The van der Waals surface area contributed by atoms with Gasteiger partial charge < -0.3 is 4.74 Å². The Balaban J connectivity index is 2.02. The fourth-order valence-electron chi connectivity index (χ4n) is 3.05. The number of ether oxygens (including phenoxy) is 1. The summed E-state index contributed by atoms with van der Waals surface area (Å²) < 4.78 is 5.07. The van der Waals surface area contributed by atoms with Crippen LogP contribution >= 0.6 is 0 Å². The minimum atomic E-state index is -0.0839. The molecular formula is C10H12O2. The van der Waals surface area contributed by atoms with E-state index in [4.69, 9.17) is 4.74 Å². The summed E-state index contributed by atoms with van der Waals surface area (Å²) in [6.07, 6.45) is 7.68. The molecule has 0 radical (unpaired) electrons. The van der Waals surface area contributed by atoms with Gasteiger partial charge in [-0.15, -0.1) is 0 Å². The third kappa shape index (κ3) is 0.598. The van der Waals surface area contributed by atoms with E-state index in [0.717, 1.165) is 12.8 Å². The monoisotopic (exact) mass is 164 g/mol. The van der Waals surface area contributed by atoms with Crippen molar-refractivity contribution < 1.29 is 9.53 Å². The molecule has 0 N–H and O–H groups in total. The van der Waals surface area contributed by atoms with E-state index in [1.165, 1.54) is 6.42 Å². The highest BCUT2D eigenvalue weighted by Gasteiger charge is 2.56. The molecule has 2 heteroatoms. The van der Waals surface area contributed by atoms with Crippen LogP contribution in [0.1, 0.15) is 19.3 Å². The van der Waals surface area contributed by atoms with Gasteiger partial charge in [0.15, 0.2) is 0 Å². The second kappa shape index (κ2) is 1.93. The van der Waals surface area contributed by atoms with Crippen LogP contribution in [0.3, 0.4) is 0 Å². The van der Waals surface area contributed by atoms with Gasteiger partial charge in [0.25, 0.3) is 0 Å². The zero-order chi connectivity index (χ0) is 8.18. The number of hydrogen-bond donors (Lipinski definition) is 0. The fourth-order valence-corrected chi connectivity index (χ4v) is 3.05. The van der Waals surface area contributed by atoms with Gasteiger partial charge in [-0.25, -0.2) is 0 Å². The molecule has 1 spiro atoms. The lowest BCUT2D eigenvalue weighted by Gasteiger charge is -2.25. The Labute approximate surface area is 71.6 Å². The average Bonchev–Trinajstić information content (AvgIpc) is 2.69. The zero-order valence-electron chi connectivity index (χ0n) is 6.95. The van der Waals surface area contributed by atoms with E-state index in [-0.39, 0.29) is 11.4 Å². The minimum absolute atomic E-state index is 0.0688. The highest BCUT2D eigenvalue weighted by molar-refractivity contribution is 5.80. The standard InChI is InChI=1S/C10H12O2/c11-9-10(3-4-12-9)6-7-1-2-8(10)5-7/h1-2,7-8H,3-6H2. The van der Waals surface area contributed by atoms with E-state index in [9.17, 15) is 4.79 Å². The molecule has 3 aliphatic rings. The third-order valence-electron chi connectivity index (χ3n) is 3.70. The molecule has 1 heterocycles. The maximum Gasteiger partial charge on any atom is 0.312 e. The number of carbonyl (C=O) groups excluding carboxylic acids is 1. The van der Waals surface area contributed by atoms with Gasteiger partial charge in [-0.2, -0.15) is 0 Å². The zero-order valence-corrected chi connectivity index (χ0v) is 6.95. The predicted octanol–water partition coefficient (Wildman–Crippen LogP) is 1.52. The second-order valence-electron chi connectivity index (χ2n) is 4.23. The van der Waals surface area contributed by atoms with Gasteiger partial charge in [-0.3, -0.25) is 4.79 Å². The Bertz CT molecular complexity index is 269. The normalized spacial score (nSPS) is 49.2. The number of allylic oxidation sites excluding steroid dienone is 2. The van der Waals surface area contributed by atoms with Crippen LogP contribution in [-0.4, -0.2) is 12.6 Å². The van der Waals surface area contributed by atoms with Crippen LogP contribution in [0.5, 0.6) is 0 Å². The highest BCUT2D eigenvalue weighted by Crippen LogP contribution is 2.56. The van der Waals surface area contributed by atoms with Crippen molar-refractivity contribution in [3.8, 4) is 0 Å². The number of esters is 1. The molecule has 0 aromatic heterocycles. The SMILES string of the molecule is O=C1OCCC12CC1C=CC2C1. The van der Waals surface area contributed by atoms with Crippen molar-refractivity contribution in [2.75, 3.05) is 6.61 Å². The fraction of sp³-hybridized carbons (Fsp3) is 0.700. The molecule has 0 amide bonds. The Morgan fingerprint density at radius 2 is 2.42 bits per heavy atom. The molecule has 2 fully saturated rings. The van der Waals surface area contributed by atoms with E-state index in [1.54, 1.807) is 0 Å². The second-order valence-corrected chi connectivity index (χ2v) is 4.23. The summed E-state index contributed by atoms with van der Waals surface area (Å²) in [5.41, 5.74) is -0.0839. The molecule has 2 nitrogen and oxygen atoms in total. The van der Waals surface area contributed by atoms with Crippen molar-refractivity contribution in [1.29, 1.82) is 0 Å². The molecule has 0 aromatic carbocycles. The molecule has 0 aromatic rings. The number of rotatable bonds is 0. The molecule has 1 saturated carbocycles. The van der Waals surface area contributed by atoms with Gasteiger partial charge >= 0.3 is 5.97 Å². The van der Waals surface area contributed by atoms with E-state index in [2.05, 4.69) is 12.2 Å². The molecule has 64 valence electrons. The lowest BCUT2D eigenvalue weighted by molar-refractivity contribution is -0.147. The Hall–Kier alpha value is -0.790. The predicted molar refractivity (Wildman–Crippen MR) is 43.4 cm³/mol.